The number of carbonyl (C=O) groups is 2. The highest BCUT2D eigenvalue weighted by atomic mass is 16.2. The van der Waals surface area contributed by atoms with Crippen molar-refractivity contribution in [1.29, 1.82) is 0 Å². The average Bonchev–Trinajstić information content (AvgIpc) is 2.61. The summed E-state index contributed by atoms with van der Waals surface area (Å²) in [6.45, 7) is 2.33. The minimum atomic E-state index is -0.259. The Labute approximate surface area is 83.4 Å². The van der Waals surface area contributed by atoms with Gasteiger partial charge in [0.2, 0.25) is 11.8 Å². The molecular formula is C10H14N2O2. The third kappa shape index (κ3) is 2.49. The minimum absolute atomic E-state index is 0.0705. The van der Waals surface area contributed by atoms with Crippen molar-refractivity contribution in [2.45, 2.75) is 25.8 Å². The number of hydrogen-bond donors (Lipinski definition) is 2. The Morgan fingerprint density at radius 1 is 1.86 bits per heavy atom. The molecule has 0 aromatic heterocycles. The molecule has 0 aliphatic carbocycles. The standard InChI is InChI=1S/C10H14N2O2/c1-3-8(4-2)12-10(14)7-5-9(13)11-6-7/h1,7-8H,4-6H2,2H3,(H,11,13)(H,12,14). The number of carbonyl (C=O) groups excluding carboxylic acids is 2. The maximum atomic E-state index is 11.5. The van der Waals surface area contributed by atoms with Gasteiger partial charge in [0.25, 0.3) is 0 Å². The zero-order valence-electron chi connectivity index (χ0n) is 8.17. The number of nitrogens with one attached hydrogen (secondary N) is 2. The second-order valence-electron chi connectivity index (χ2n) is 3.34. The molecular weight excluding hydrogens is 180 g/mol. The lowest BCUT2D eigenvalue weighted by Crippen LogP contribution is -2.38. The molecule has 1 aliphatic rings. The summed E-state index contributed by atoms with van der Waals surface area (Å²) in [6.07, 6.45) is 6.19. The van der Waals surface area contributed by atoms with Gasteiger partial charge in [0.15, 0.2) is 0 Å². The van der Waals surface area contributed by atoms with Crippen LogP contribution in [-0.2, 0) is 9.59 Å². The fraction of sp³-hybridized carbons (Fsp3) is 0.600. The van der Waals surface area contributed by atoms with Crippen LogP contribution in [0.3, 0.4) is 0 Å². The van der Waals surface area contributed by atoms with E-state index < -0.39 is 0 Å². The molecule has 0 aromatic carbocycles. The highest BCUT2D eigenvalue weighted by Gasteiger charge is 2.28. The number of hydrogen-bond acceptors (Lipinski definition) is 2. The molecule has 4 heteroatoms. The Balaban J connectivity index is 2.43. The third-order valence-corrected chi connectivity index (χ3v) is 2.27. The predicted molar refractivity (Wildman–Crippen MR) is 52.2 cm³/mol. The van der Waals surface area contributed by atoms with Gasteiger partial charge in [-0.05, 0) is 6.42 Å². The fourth-order valence-electron chi connectivity index (χ4n) is 1.34. The van der Waals surface area contributed by atoms with Crippen molar-refractivity contribution >= 4 is 11.8 Å². The summed E-state index contributed by atoms with van der Waals surface area (Å²) in [7, 11) is 0. The predicted octanol–water partition coefficient (Wildman–Crippen LogP) is -0.350. The quantitative estimate of drug-likeness (QED) is 0.603. The van der Waals surface area contributed by atoms with Gasteiger partial charge in [-0.2, -0.15) is 0 Å². The maximum Gasteiger partial charge on any atom is 0.226 e. The van der Waals surface area contributed by atoms with Crippen molar-refractivity contribution < 1.29 is 9.59 Å². The van der Waals surface area contributed by atoms with Gasteiger partial charge in [-0.3, -0.25) is 9.59 Å². The van der Waals surface area contributed by atoms with Crippen LogP contribution in [0.15, 0.2) is 0 Å². The molecule has 4 nitrogen and oxygen atoms in total. The van der Waals surface area contributed by atoms with Crippen LogP contribution in [0.4, 0.5) is 0 Å². The van der Waals surface area contributed by atoms with E-state index in [2.05, 4.69) is 16.6 Å². The number of rotatable bonds is 3. The SMILES string of the molecule is C#CC(CC)NC(=O)C1CNC(=O)C1. The van der Waals surface area contributed by atoms with Crippen LogP contribution in [-0.4, -0.2) is 24.4 Å². The lowest BCUT2D eigenvalue weighted by Gasteiger charge is -2.13. The molecule has 0 spiro atoms. The second kappa shape index (κ2) is 4.66. The molecule has 1 heterocycles. The van der Waals surface area contributed by atoms with E-state index in [4.69, 9.17) is 6.42 Å². The summed E-state index contributed by atoms with van der Waals surface area (Å²) in [4.78, 5) is 22.4. The van der Waals surface area contributed by atoms with Crippen molar-refractivity contribution in [3.63, 3.8) is 0 Å². The van der Waals surface area contributed by atoms with Gasteiger partial charge >= 0.3 is 0 Å². The first-order valence-electron chi connectivity index (χ1n) is 4.70. The van der Waals surface area contributed by atoms with E-state index in [0.29, 0.717) is 13.0 Å². The monoisotopic (exact) mass is 194 g/mol. The topological polar surface area (TPSA) is 58.2 Å². The Morgan fingerprint density at radius 3 is 3.00 bits per heavy atom. The number of terminal acetylenes is 1. The number of amides is 2. The van der Waals surface area contributed by atoms with Crippen LogP contribution in [0.25, 0.3) is 0 Å². The third-order valence-electron chi connectivity index (χ3n) is 2.27. The fourth-order valence-corrected chi connectivity index (χ4v) is 1.34. The molecule has 0 aromatic rings. The van der Waals surface area contributed by atoms with Crippen LogP contribution >= 0.6 is 0 Å². The molecule has 0 bridgehead atoms. The summed E-state index contributed by atoms with van der Waals surface area (Å²) >= 11 is 0. The highest BCUT2D eigenvalue weighted by molar-refractivity contribution is 5.89. The zero-order valence-corrected chi connectivity index (χ0v) is 8.17. The van der Waals surface area contributed by atoms with E-state index >= 15 is 0 Å². The Morgan fingerprint density at radius 2 is 2.57 bits per heavy atom. The molecule has 2 atom stereocenters. The molecule has 1 aliphatic heterocycles. The Hall–Kier alpha value is -1.50. The van der Waals surface area contributed by atoms with Crippen LogP contribution in [0, 0.1) is 18.3 Å². The molecule has 1 rings (SSSR count). The van der Waals surface area contributed by atoms with Gasteiger partial charge in [-0.15, -0.1) is 6.42 Å². The van der Waals surface area contributed by atoms with E-state index in [0.717, 1.165) is 0 Å². The summed E-state index contributed by atoms with van der Waals surface area (Å²) < 4.78 is 0. The van der Waals surface area contributed by atoms with Crippen molar-refractivity contribution in [1.82, 2.24) is 10.6 Å². The van der Waals surface area contributed by atoms with Crippen LogP contribution in [0.2, 0.25) is 0 Å². The first kappa shape index (κ1) is 10.6. The molecule has 0 radical (unpaired) electrons. The van der Waals surface area contributed by atoms with Gasteiger partial charge in [-0.1, -0.05) is 12.8 Å². The zero-order chi connectivity index (χ0) is 10.6. The molecule has 2 amide bonds. The molecule has 76 valence electrons. The first-order chi connectivity index (χ1) is 6.67. The highest BCUT2D eigenvalue weighted by Crippen LogP contribution is 2.09. The minimum Gasteiger partial charge on any atom is -0.355 e. The van der Waals surface area contributed by atoms with E-state index in [1.807, 2.05) is 6.92 Å². The van der Waals surface area contributed by atoms with E-state index in [-0.39, 0.29) is 30.2 Å². The summed E-state index contributed by atoms with van der Waals surface area (Å²) in [5, 5.41) is 5.32. The summed E-state index contributed by atoms with van der Waals surface area (Å²) in [5.74, 6) is 2.02. The van der Waals surface area contributed by atoms with Crippen molar-refractivity contribution in [2.75, 3.05) is 6.54 Å². The van der Waals surface area contributed by atoms with Crippen molar-refractivity contribution in [2.24, 2.45) is 5.92 Å². The van der Waals surface area contributed by atoms with Gasteiger partial charge in [0.1, 0.15) is 0 Å². The molecule has 2 N–H and O–H groups in total. The maximum absolute atomic E-state index is 11.5. The molecule has 14 heavy (non-hydrogen) atoms. The van der Waals surface area contributed by atoms with E-state index in [1.54, 1.807) is 0 Å². The molecule has 1 saturated heterocycles. The van der Waals surface area contributed by atoms with Crippen LogP contribution < -0.4 is 10.6 Å². The Kier molecular flexibility index (Phi) is 3.52. The lowest BCUT2D eigenvalue weighted by molar-refractivity contribution is -0.126. The molecule has 2 unspecified atom stereocenters. The lowest BCUT2D eigenvalue weighted by atomic mass is 10.1. The molecule has 0 saturated carbocycles. The average molecular weight is 194 g/mol. The van der Waals surface area contributed by atoms with E-state index in [1.165, 1.54) is 0 Å². The second-order valence-corrected chi connectivity index (χ2v) is 3.34. The Bertz CT molecular complexity index is 280. The van der Waals surface area contributed by atoms with Gasteiger partial charge in [-0.25, -0.2) is 0 Å². The molecule has 1 fully saturated rings. The van der Waals surface area contributed by atoms with Crippen LogP contribution in [0.5, 0.6) is 0 Å². The summed E-state index contributed by atoms with van der Waals surface area (Å²) in [6, 6.07) is -0.224. The smallest absolute Gasteiger partial charge is 0.226 e. The normalized spacial score (nSPS) is 22.3. The first-order valence-corrected chi connectivity index (χ1v) is 4.70. The van der Waals surface area contributed by atoms with E-state index in [9.17, 15) is 9.59 Å². The van der Waals surface area contributed by atoms with Crippen molar-refractivity contribution in [3.8, 4) is 12.3 Å². The van der Waals surface area contributed by atoms with Gasteiger partial charge in [0, 0.05) is 13.0 Å². The van der Waals surface area contributed by atoms with Gasteiger partial charge < -0.3 is 10.6 Å². The van der Waals surface area contributed by atoms with Crippen molar-refractivity contribution in [3.05, 3.63) is 0 Å². The largest absolute Gasteiger partial charge is 0.355 e. The van der Waals surface area contributed by atoms with Crippen LogP contribution in [0.1, 0.15) is 19.8 Å². The summed E-state index contributed by atoms with van der Waals surface area (Å²) in [5.41, 5.74) is 0. The van der Waals surface area contributed by atoms with Gasteiger partial charge in [0.05, 0.1) is 12.0 Å².